The maximum Gasteiger partial charge on any atom is 0.300 e. The van der Waals surface area contributed by atoms with Gasteiger partial charge in [0.1, 0.15) is 17.3 Å². The average Bonchev–Trinajstić information content (AvgIpc) is 3.43. The van der Waals surface area contributed by atoms with Crippen LogP contribution in [0, 0.1) is 0 Å². The molecule has 4 aromatic rings. The lowest BCUT2D eigenvalue weighted by molar-refractivity contribution is -0.132. The number of aliphatic hydroxyl groups excluding tert-OH is 1. The fourth-order valence-electron chi connectivity index (χ4n) is 4.57. The van der Waals surface area contributed by atoms with Crippen molar-refractivity contribution in [2.24, 2.45) is 0 Å². The second-order valence-corrected chi connectivity index (χ2v) is 8.09. The van der Waals surface area contributed by atoms with Crippen molar-refractivity contribution in [3.8, 4) is 11.5 Å². The van der Waals surface area contributed by atoms with Gasteiger partial charge in [0.2, 0.25) is 0 Å². The van der Waals surface area contributed by atoms with Gasteiger partial charge >= 0.3 is 0 Å². The van der Waals surface area contributed by atoms with Gasteiger partial charge in [0.05, 0.1) is 30.9 Å². The Labute approximate surface area is 202 Å². The third kappa shape index (κ3) is 3.71. The van der Waals surface area contributed by atoms with Crippen molar-refractivity contribution in [2.75, 3.05) is 18.6 Å². The molecule has 0 aliphatic carbocycles. The van der Waals surface area contributed by atoms with Crippen molar-refractivity contribution < 1.29 is 24.2 Å². The van der Waals surface area contributed by atoms with Gasteiger partial charge in [0, 0.05) is 28.4 Å². The summed E-state index contributed by atoms with van der Waals surface area (Å²) in [6.45, 7) is 2.40. The number of Topliss-reactive ketones (excluding diaryl/α,β-unsaturated/α-hetero) is 1. The van der Waals surface area contributed by atoms with Crippen molar-refractivity contribution in [1.82, 2.24) is 4.98 Å². The number of H-pyrrole nitrogens is 1. The molecule has 0 radical (unpaired) electrons. The first-order valence-electron chi connectivity index (χ1n) is 11.3. The number of fused-ring (bicyclic) bond motifs is 1. The van der Waals surface area contributed by atoms with E-state index < -0.39 is 17.7 Å². The normalized spacial score (nSPS) is 17.2. The highest BCUT2D eigenvalue weighted by Gasteiger charge is 2.48. The number of benzene rings is 3. The van der Waals surface area contributed by atoms with Gasteiger partial charge in [-0.1, -0.05) is 30.3 Å². The molecule has 0 spiro atoms. The Bertz CT molecular complexity index is 1450. The maximum absolute atomic E-state index is 13.4. The van der Waals surface area contributed by atoms with Crippen LogP contribution in [0.1, 0.15) is 24.1 Å². The summed E-state index contributed by atoms with van der Waals surface area (Å²) in [5.74, 6) is -0.719. The Kier molecular flexibility index (Phi) is 5.74. The Morgan fingerprint density at radius 3 is 2.46 bits per heavy atom. The molecule has 1 fully saturated rings. The first-order valence-corrected chi connectivity index (χ1v) is 11.3. The molecule has 2 heterocycles. The van der Waals surface area contributed by atoms with Crippen molar-refractivity contribution in [3.63, 3.8) is 0 Å². The number of nitrogens with one attached hydrogen (secondary N) is 1. The van der Waals surface area contributed by atoms with Crippen LogP contribution in [-0.4, -0.2) is 35.5 Å². The number of nitrogens with zero attached hydrogens (tertiary/aromatic N) is 1. The van der Waals surface area contributed by atoms with E-state index in [1.807, 2.05) is 31.2 Å². The first kappa shape index (κ1) is 22.3. The number of ether oxygens (including phenoxy) is 2. The predicted molar refractivity (Wildman–Crippen MR) is 134 cm³/mol. The topological polar surface area (TPSA) is 91.9 Å². The number of carbonyl (C=O) groups excluding carboxylic acids is 2. The number of aromatic amines is 1. The molecule has 7 nitrogen and oxygen atoms in total. The second-order valence-electron chi connectivity index (χ2n) is 8.09. The van der Waals surface area contributed by atoms with Crippen LogP contribution in [0.5, 0.6) is 11.5 Å². The minimum atomic E-state index is -0.853. The van der Waals surface area contributed by atoms with Crippen LogP contribution in [0.2, 0.25) is 0 Å². The molecule has 1 aliphatic rings. The minimum Gasteiger partial charge on any atom is -0.507 e. The van der Waals surface area contributed by atoms with E-state index in [1.54, 1.807) is 54.7 Å². The summed E-state index contributed by atoms with van der Waals surface area (Å²) in [4.78, 5) is 31.5. The zero-order chi connectivity index (χ0) is 24.5. The molecule has 1 atom stereocenters. The monoisotopic (exact) mass is 468 g/mol. The number of para-hydroxylation sites is 2. The molecule has 1 aromatic heterocycles. The Balaban J connectivity index is 1.75. The lowest BCUT2D eigenvalue weighted by Gasteiger charge is -2.25. The van der Waals surface area contributed by atoms with Crippen molar-refractivity contribution in [3.05, 3.63) is 95.7 Å². The van der Waals surface area contributed by atoms with Crippen LogP contribution >= 0.6 is 0 Å². The zero-order valence-electron chi connectivity index (χ0n) is 19.3. The molecule has 35 heavy (non-hydrogen) atoms. The molecule has 1 unspecified atom stereocenters. The molecule has 0 saturated carbocycles. The summed E-state index contributed by atoms with van der Waals surface area (Å²) in [6, 6.07) is 20.6. The number of anilines is 1. The van der Waals surface area contributed by atoms with Gasteiger partial charge in [-0.25, -0.2) is 0 Å². The van der Waals surface area contributed by atoms with Crippen LogP contribution < -0.4 is 14.4 Å². The van der Waals surface area contributed by atoms with E-state index in [9.17, 15) is 14.7 Å². The molecule has 1 aliphatic heterocycles. The van der Waals surface area contributed by atoms with Gasteiger partial charge in [-0.3, -0.25) is 14.5 Å². The standard InChI is InChI=1S/C28H24N2O5/c1-3-35-18-14-12-17(13-15-18)30-25(21-16-29-22-10-6-4-8-19(21)22)24(27(32)28(30)33)26(31)20-9-5-7-11-23(20)34-2/h4-16,25,29,31H,3H2,1-2H3/b26-24+. The van der Waals surface area contributed by atoms with E-state index in [1.165, 1.54) is 12.0 Å². The fraction of sp³-hybridized carbons (Fsp3) is 0.143. The molecule has 7 heteroatoms. The minimum absolute atomic E-state index is 0.00172. The lowest BCUT2D eigenvalue weighted by atomic mass is 9.94. The highest BCUT2D eigenvalue weighted by molar-refractivity contribution is 6.52. The molecule has 0 bridgehead atoms. The Hall–Kier alpha value is -4.52. The SMILES string of the molecule is CCOc1ccc(N2C(=O)C(=O)/C(=C(/O)c3ccccc3OC)C2c2c[nH]c3ccccc23)cc1. The van der Waals surface area contributed by atoms with E-state index in [0.717, 1.165) is 10.9 Å². The third-order valence-corrected chi connectivity index (χ3v) is 6.15. The summed E-state index contributed by atoms with van der Waals surface area (Å²) >= 11 is 0. The van der Waals surface area contributed by atoms with E-state index in [-0.39, 0.29) is 11.3 Å². The predicted octanol–water partition coefficient (Wildman–Crippen LogP) is 5.20. The molecule has 3 aromatic carbocycles. The fourth-order valence-corrected chi connectivity index (χ4v) is 4.57. The van der Waals surface area contributed by atoms with Gasteiger partial charge in [0.25, 0.3) is 11.7 Å². The highest BCUT2D eigenvalue weighted by Crippen LogP contribution is 2.45. The van der Waals surface area contributed by atoms with Gasteiger partial charge in [-0.2, -0.15) is 0 Å². The molecular weight excluding hydrogens is 444 g/mol. The van der Waals surface area contributed by atoms with Crippen LogP contribution in [0.3, 0.4) is 0 Å². The number of rotatable bonds is 6. The number of aromatic nitrogens is 1. The van der Waals surface area contributed by atoms with Crippen LogP contribution in [-0.2, 0) is 9.59 Å². The number of methoxy groups -OCH3 is 1. The molecule has 1 saturated heterocycles. The molecular formula is C28H24N2O5. The number of hydrogen-bond donors (Lipinski definition) is 2. The smallest absolute Gasteiger partial charge is 0.300 e. The van der Waals surface area contributed by atoms with E-state index >= 15 is 0 Å². The number of hydrogen-bond acceptors (Lipinski definition) is 5. The number of aliphatic hydroxyl groups is 1. The Morgan fingerprint density at radius 2 is 1.71 bits per heavy atom. The van der Waals surface area contributed by atoms with E-state index in [4.69, 9.17) is 9.47 Å². The van der Waals surface area contributed by atoms with Crippen LogP contribution in [0.25, 0.3) is 16.7 Å². The highest BCUT2D eigenvalue weighted by atomic mass is 16.5. The van der Waals surface area contributed by atoms with Crippen molar-refractivity contribution >= 4 is 34.0 Å². The largest absolute Gasteiger partial charge is 0.507 e. The quantitative estimate of drug-likeness (QED) is 0.231. The van der Waals surface area contributed by atoms with Gasteiger partial charge in [-0.05, 0) is 49.4 Å². The number of ketones is 1. The molecule has 5 rings (SSSR count). The van der Waals surface area contributed by atoms with Crippen molar-refractivity contribution in [2.45, 2.75) is 13.0 Å². The van der Waals surface area contributed by atoms with Crippen LogP contribution in [0.4, 0.5) is 5.69 Å². The van der Waals surface area contributed by atoms with Crippen molar-refractivity contribution in [1.29, 1.82) is 0 Å². The summed E-state index contributed by atoms with van der Waals surface area (Å²) in [7, 11) is 1.49. The zero-order valence-corrected chi connectivity index (χ0v) is 19.3. The molecule has 2 N–H and O–H groups in total. The molecule has 1 amide bonds. The lowest BCUT2D eigenvalue weighted by Crippen LogP contribution is -2.29. The average molecular weight is 469 g/mol. The van der Waals surface area contributed by atoms with E-state index in [2.05, 4.69) is 4.98 Å². The Morgan fingerprint density at radius 1 is 1.00 bits per heavy atom. The first-order chi connectivity index (χ1) is 17.0. The summed E-state index contributed by atoms with van der Waals surface area (Å²) in [5.41, 5.74) is 2.41. The summed E-state index contributed by atoms with van der Waals surface area (Å²) in [5, 5.41) is 12.3. The van der Waals surface area contributed by atoms with Gasteiger partial charge in [-0.15, -0.1) is 0 Å². The van der Waals surface area contributed by atoms with Gasteiger partial charge < -0.3 is 19.6 Å². The second kappa shape index (κ2) is 9.02. The maximum atomic E-state index is 13.4. The summed E-state index contributed by atoms with van der Waals surface area (Å²) in [6.07, 6.45) is 1.78. The molecule has 176 valence electrons. The number of amides is 1. The van der Waals surface area contributed by atoms with Crippen LogP contribution in [0.15, 0.2) is 84.6 Å². The third-order valence-electron chi connectivity index (χ3n) is 6.15. The number of carbonyl (C=O) groups is 2. The van der Waals surface area contributed by atoms with E-state index in [0.29, 0.717) is 34.9 Å². The summed E-state index contributed by atoms with van der Waals surface area (Å²) < 4.78 is 10.9. The van der Waals surface area contributed by atoms with Gasteiger partial charge in [0.15, 0.2) is 0 Å².